The van der Waals surface area contributed by atoms with Gasteiger partial charge in [0, 0.05) is 11.5 Å². The van der Waals surface area contributed by atoms with Gasteiger partial charge < -0.3 is 9.84 Å². The largest absolute Gasteiger partial charge is 0.507 e. The Morgan fingerprint density at radius 3 is 3.00 bits per heavy atom. The van der Waals surface area contributed by atoms with Gasteiger partial charge in [0.25, 0.3) is 0 Å². The van der Waals surface area contributed by atoms with E-state index in [1.54, 1.807) is 24.5 Å². The molecule has 0 bridgehead atoms. The first-order valence-corrected chi connectivity index (χ1v) is 5.03. The number of phenolic OH excluding ortho intramolecular Hbond substituents is 1. The first-order valence-electron chi connectivity index (χ1n) is 3.70. The van der Waals surface area contributed by atoms with E-state index in [0.717, 1.165) is 15.0 Å². The lowest BCUT2D eigenvalue weighted by Crippen LogP contribution is -1.84. The second-order valence-electron chi connectivity index (χ2n) is 2.61. The van der Waals surface area contributed by atoms with Crippen molar-refractivity contribution in [3.8, 4) is 11.5 Å². The number of benzene rings is 1. The highest BCUT2D eigenvalue weighted by molar-refractivity contribution is 7.81. The highest BCUT2D eigenvalue weighted by atomic mass is 32.1. The molecular weight excluding hydrogens is 204 g/mol. The summed E-state index contributed by atoms with van der Waals surface area (Å²) in [6, 6.07) is 3.45. The van der Waals surface area contributed by atoms with Crippen molar-refractivity contribution in [2.45, 2.75) is 4.90 Å². The molecule has 13 heavy (non-hydrogen) atoms. The van der Waals surface area contributed by atoms with Crippen molar-refractivity contribution in [3.63, 3.8) is 0 Å². The fraction of sp³-hybridized carbons (Fsp3) is 0.111. The molecule has 0 aliphatic carbocycles. The Labute approximate surface area is 85.2 Å². The van der Waals surface area contributed by atoms with Crippen molar-refractivity contribution in [1.82, 2.24) is 0 Å². The van der Waals surface area contributed by atoms with Gasteiger partial charge in [0.15, 0.2) is 0 Å². The molecular formula is C9H8O2S2. The number of aromatic hydroxyl groups is 1. The van der Waals surface area contributed by atoms with Gasteiger partial charge in [-0.05, 0) is 11.4 Å². The van der Waals surface area contributed by atoms with E-state index in [1.165, 1.54) is 0 Å². The Morgan fingerprint density at radius 1 is 1.54 bits per heavy atom. The zero-order chi connectivity index (χ0) is 9.42. The molecule has 0 aliphatic rings. The van der Waals surface area contributed by atoms with Gasteiger partial charge in [0.2, 0.25) is 0 Å². The Kier molecular flexibility index (Phi) is 2.09. The Bertz CT molecular complexity index is 448. The summed E-state index contributed by atoms with van der Waals surface area (Å²) >= 11 is 5.87. The van der Waals surface area contributed by atoms with Crippen LogP contribution < -0.4 is 4.74 Å². The fourth-order valence-electron chi connectivity index (χ4n) is 1.23. The average Bonchev–Trinajstić information content (AvgIpc) is 2.60. The Hall–Kier alpha value is -0.870. The number of hydrogen-bond acceptors (Lipinski definition) is 4. The number of thiol groups is 1. The van der Waals surface area contributed by atoms with E-state index in [9.17, 15) is 5.11 Å². The van der Waals surface area contributed by atoms with Crippen LogP contribution in [0.4, 0.5) is 0 Å². The van der Waals surface area contributed by atoms with Crippen LogP contribution in [0.1, 0.15) is 0 Å². The van der Waals surface area contributed by atoms with Crippen LogP contribution in [-0.4, -0.2) is 12.2 Å². The van der Waals surface area contributed by atoms with Gasteiger partial charge >= 0.3 is 0 Å². The quantitative estimate of drug-likeness (QED) is 0.712. The topological polar surface area (TPSA) is 29.5 Å². The molecule has 1 heterocycles. The van der Waals surface area contributed by atoms with Crippen LogP contribution in [-0.2, 0) is 0 Å². The predicted octanol–water partition coefficient (Wildman–Crippen LogP) is 2.90. The van der Waals surface area contributed by atoms with Crippen molar-refractivity contribution < 1.29 is 9.84 Å². The number of phenols is 1. The van der Waals surface area contributed by atoms with Crippen LogP contribution in [0.3, 0.4) is 0 Å². The maximum absolute atomic E-state index is 9.59. The van der Waals surface area contributed by atoms with Crippen LogP contribution in [0.2, 0.25) is 0 Å². The first-order chi connectivity index (χ1) is 6.24. The second-order valence-corrected chi connectivity index (χ2v) is 3.97. The summed E-state index contributed by atoms with van der Waals surface area (Å²) in [4.78, 5) is 0.783. The van der Waals surface area contributed by atoms with Crippen molar-refractivity contribution in [2.75, 3.05) is 7.11 Å². The predicted molar refractivity (Wildman–Crippen MR) is 57.3 cm³/mol. The maximum Gasteiger partial charge on any atom is 0.137 e. The summed E-state index contributed by atoms with van der Waals surface area (Å²) in [6.45, 7) is 0. The standard InChI is InChI=1S/C9H8O2S2/c1-11-7-4-6(10)5-2-3-13-9(5)8(7)12/h2-4,10,12H,1H3. The normalized spacial score (nSPS) is 10.6. The average molecular weight is 212 g/mol. The molecule has 0 unspecified atom stereocenters. The van der Waals surface area contributed by atoms with Crippen LogP contribution in [0.15, 0.2) is 22.4 Å². The number of hydrogen-bond donors (Lipinski definition) is 2. The van der Waals surface area contributed by atoms with E-state index in [1.807, 2.05) is 11.4 Å². The highest BCUT2D eigenvalue weighted by Crippen LogP contribution is 2.40. The van der Waals surface area contributed by atoms with Gasteiger partial charge in [0.05, 0.1) is 16.7 Å². The highest BCUT2D eigenvalue weighted by Gasteiger charge is 2.10. The smallest absolute Gasteiger partial charge is 0.137 e. The van der Waals surface area contributed by atoms with Crippen LogP contribution in [0, 0.1) is 0 Å². The number of rotatable bonds is 1. The van der Waals surface area contributed by atoms with E-state index >= 15 is 0 Å². The third-order valence-electron chi connectivity index (χ3n) is 1.88. The lowest BCUT2D eigenvalue weighted by atomic mass is 10.2. The minimum absolute atomic E-state index is 0.242. The van der Waals surface area contributed by atoms with Crippen molar-refractivity contribution in [3.05, 3.63) is 17.5 Å². The maximum atomic E-state index is 9.59. The van der Waals surface area contributed by atoms with Gasteiger partial charge in [-0.1, -0.05) is 0 Å². The summed E-state index contributed by atoms with van der Waals surface area (Å²) in [7, 11) is 1.56. The summed E-state index contributed by atoms with van der Waals surface area (Å²) < 4.78 is 6.03. The number of methoxy groups -OCH3 is 1. The van der Waals surface area contributed by atoms with Crippen molar-refractivity contribution in [1.29, 1.82) is 0 Å². The van der Waals surface area contributed by atoms with Crippen LogP contribution >= 0.6 is 24.0 Å². The molecule has 2 aromatic rings. The molecule has 1 N–H and O–H groups in total. The first kappa shape index (κ1) is 8.72. The third kappa shape index (κ3) is 1.26. The number of ether oxygens (including phenoxy) is 1. The lowest BCUT2D eigenvalue weighted by Gasteiger charge is -2.05. The van der Waals surface area contributed by atoms with E-state index < -0.39 is 0 Å². The molecule has 0 radical (unpaired) electrons. The van der Waals surface area contributed by atoms with Crippen molar-refractivity contribution in [2.24, 2.45) is 0 Å². The number of thiophene rings is 1. The Morgan fingerprint density at radius 2 is 2.31 bits per heavy atom. The Balaban J connectivity index is 2.85. The summed E-state index contributed by atoms with van der Waals surface area (Å²) in [5.74, 6) is 0.849. The van der Waals surface area contributed by atoms with Gasteiger partial charge in [0.1, 0.15) is 11.5 Å². The lowest BCUT2D eigenvalue weighted by molar-refractivity contribution is 0.400. The summed E-state index contributed by atoms with van der Waals surface area (Å²) in [5.41, 5.74) is 0. The molecule has 0 fully saturated rings. The molecule has 2 rings (SSSR count). The van der Waals surface area contributed by atoms with Gasteiger partial charge in [-0.15, -0.1) is 24.0 Å². The molecule has 0 atom stereocenters. The molecule has 1 aromatic carbocycles. The molecule has 68 valence electrons. The van der Waals surface area contributed by atoms with E-state index in [4.69, 9.17) is 4.74 Å². The van der Waals surface area contributed by atoms with Crippen molar-refractivity contribution >= 4 is 34.1 Å². The van der Waals surface area contributed by atoms with E-state index in [0.29, 0.717) is 5.75 Å². The van der Waals surface area contributed by atoms with E-state index in [-0.39, 0.29) is 5.75 Å². The zero-order valence-corrected chi connectivity index (χ0v) is 8.65. The van der Waals surface area contributed by atoms with Gasteiger partial charge in [-0.3, -0.25) is 0 Å². The van der Waals surface area contributed by atoms with Crippen LogP contribution in [0.25, 0.3) is 10.1 Å². The molecule has 1 aromatic heterocycles. The van der Waals surface area contributed by atoms with E-state index in [2.05, 4.69) is 12.6 Å². The molecule has 0 spiro atoms. The molecule has 0 saturated carbocycles. The SMILES string of the molecule is COc1cc(O)c2ccsc2c1S. The minimum atomic E-state index is 0.242. The molecule has 0 saturated heterocycles. The van der Waals surface area contributed by atoms with Crippen LogP contribution in [0.5, 0.6) is 11.5 Å². The zero-order valence-electron chi connectivity index (χ0n) is 6.94. The second kappa shape index (κ2) is 3.12. The molecule has 0 aliphatic heterocycles. The number of fused-ring (bicyclic) bond motifs is 1. The molecule has 0 amide bonds. The summed E-state index contributed by atoms with van der Waals surface area (Å²) in [6.07, 6.45) is 0. The molecule has 2 nitrogen and oxygen atoms in total. The third-order valence-corrected chi connectivity index (χ3v) is 3.40. The molecule has 4 heteroatoms. The monoisotopic (exact) mass is 212 g/mol. The van der Waals surface area contributed by atoms with Gasteiger partial charge in [-0.2, -0.15) is 0 Å². The summed E-state index contributed by atoms with van der Waals surface area (Å²) in [5, 5.41) is 12.3. The fourth-order valence-corrected chi connectivity index (χ4v) is 2.52. The van der Waals surface area contributed by atoms with Gasteiger partial charge in [-0.25, -0.2) is 0 Å². The minimum Gasteiger partial charge on any atom is -0.507 e.